The number of alkyl halides is 3. The number of hydrogen-bond donors (Lipinski definition) is 0. The van der Waals surface area contributed by atoms with E-state index in [1.165, 1.54) is 31.2 Å². The fourth-order valence-electron chi connectivity index (χ4n) is 2.33. The Hall–Kier alpha value is -1.89. The number of ether oxygens (including phenoxy) is 1. The number of carbonyl (C=O) groups is 2. The third-order valence-electron chi connectivity index (χ3n) is 3.35. The van der Waals surface area contributed by atoms with E-state index in [-0.39, 0.29) is 13.0 Å². The Kier molecular flexibility index (Phi) is 5.09. The maximum Gasteiger partial charge on any atom is 0.430 e. The number of esters is 1. The molecule has 1 aromatic carbocycles. The van der Waals surface area contributed by atoms with Crippen molar-refractivity contribution in [1.29, 1.82) is 0 Å². The van der Waals surface area contributed by atoms with Crippen molar-refractivity contribution >= 4 is 29.1 Å². The highest BCUT2D eigenvalue weighted by molar-refractivity contribution is 6.30. The van der Waals surface area contributed by atoms with Crippen molar-refractivity contribution in [2.45, 2.75) is 25.6 Å². The number of nitrogens with zero attached hydrogens (tertiary/aromatic N) is 1. The molecule has 0 amide bonds. The van der Waals surface area contributed by atoms with Crippen LogP contribution < -0.4 is 0 Å². The topological polar surface area (TPSA) is 55.7 Å². The van der Waals surface area contributed by atoms with Crippen LogP contribution in [0.4, 0.5) is 13.2 Å². The number of halogens is 4. The largest absolute Gasteiger partial charge is 0.465 e. The fraction of sp³-hybridized carbons (Fsp3) is 0.400. The number of rotatable bonds is 3. The van der Waals surface area contributed by atoms with E-state index in [9.17, 15) is 22.8 Å². The number of aliphatic imine (C=N–C) groups is 1. The molecule has 1 aliphatic heterocycles. The maximum absolute atomic E-state index is 13.2. The van der Waals surface area contributed by atoms with Crippen LogP contribution in [0.15, 0.2) is 29.3 Å². The number of hydrogen-bond acceptors (Lipinski definition) is 4. The summed E-state index contributed by atoms with van der Waals surface area (Å²) < 4.78 is 44.2. The van der Waals surface area contributed by atoms with Crippen LogP contribution in [0.25, 0.3) is 0 Å². The average Bonchev–Trinajstić information content (AvgIpc) is 2.46. The van der Waals surface area contributed by atoms with Crippen LogP contribution in [-0.4, -0.2) is 30.2 Å². The number of Topliss-reactive ketones (excluding diaryl/α,β-unsaturated/α-hetero) is 1. The van der Waals surface area contributed by atoms with E-state index in [2.05, 4.69) is 9.73 Å². The van der Waals surface area contributed by atoms with Gasteiger partial charge in [-0.15, -0.1) is 0 Å². The van der Waals surface area contributed by atoms with E-state index in [1.807, 2.05) is 0 Å². The van der Waals surface area contributed by atoms with E-state index >= 15 is 0 Å². The zero-order chi connectivity index (χ0) is 17.2. The Bertz CT molecular complexity index is 640. The van der Waals surface area contributed by atoms with Gasteiger partial charge in [0.25, 0.3) is 0 Å². The molecule has 1 aliphatic rings. The van der Waals surface area contributed by atoms with Crippen LogP contribution in [0.5, 0.6) is 0 Å². The minimum absolute atomic E-state index is 0.117. The van der Waals surface area contributed by atoms with Crippen LogP contribution in [-0.2, 0) is 14.3 Å². The zero-order valence-corrected chi connectivity index (χ0v) is 12.8. The van der Waals surface area contributed by atoms with Crippen molar-refractivity contribution in [3.8, 4) is 0 Å². The van der Waals surface area contributed by atoms with Crippen LogP contribution in [0.3, 0.4) is 0 Å². The first-order valence-corrected chi connectivity index (χ1v) is 7.21. The van der Waals surface area contributed by atoms with E-state index in [0.29, 0.717) is 10.6 Å². The molecule has 0 aliphatic carbocycles. The number of benzene rings is 1. The Morgan fingerprint density at radius 2 is 1.96 bits per heavy atom. The van der Waals surface area contributed by atoms with Gasteiger partial charge >= 0.3 is 12.1 Å². The lowest BCUT2D eigenvalue weighted by molar-refractivity contribution is -0.151. The maximum atomic E-state index is 13.2. The predicted molar refractivity (Wildman–Crippen MR) is 77.4 cm³/mol. The predicted octanol–water partition coefficient (Wildman–Crippen LogP) is 3.54. The van der Waals surface area contributed by atoms with Crippen molar-refractivity contribution in [3.05, 3.63) is 34.9 Å². The molecule has 0 spiro atoms. The van der Waals surface area contributed by atoms with Crippen molar-refractivity contribution in [3.63, 3.8) is 0 Å². The monoisotopic (exact) mass is 347 g/mol. The molecule has 0 aromatic heterocycles. The van der Waals surface area contributed by atoms with E-state index in [1.54, 1.807) is 0 Å². The SMILES string of the molecule is CCOC(=O)C1C(=O)CC(c2ccc(Cl)cc2)N=C1C(F)(F)F. The molecule has 2 atom stereocenters. The van der Waals surface area contributed by atoms with Gasteiger partial charge in [0.1, 0.15) is 5.71 Å². The van der Waals surface area contributed by atoms with Gasteiger partial charge < -0.3 is 4.74 Å². The normalized spacial score (nSPS) is 21.8. The molecule has 8 heteroatoms. The van der Waals surface area contributed by atoms with E-state index in [4.69, 9.17) is 11.6 Å². The highest BCUT2D eigenvalue weighted by Crippen LogP contribution is 2.35. The molecule has 0 N–H and O–H groups in total. The summed E-state index contributed by atoms with van der Waals surface area (Å²) in [6.45, 7) is 1.33. The highest BCUT2D eigenvalue weighted by atomic mass is 35.5. The average molecular weight is 348 g/mol. The Balaban J connectivity index is 2.43. The van der Waals surface area contributed by atoms with Gasteiger partial charge in [0.15, 0.2) is 11.7 Å². The van der Waals surface area contributed by atoms with Crippen molar-refractivity contribution in [2.24, 2.45) is 10.9 Å². The van der Waals surface area contributed by atoms with Gasteiger partial charge in [-0.3, -0.25) is 14.6 Å². The van der Waals surface area contributed by atoms with E-state index in [0.717, 1.165) is 0 Å². The van der Waals surface area contributed by atoms with E-state index < -0.39 is 35.6 Å². The highest BCUT2D eigenvalue weighted by Gasteiger charge is 2.50. The molecule has 0 saturated heterocycles. The molecule has 1 aromatic rings. The van der Waals surface area contributed by atoms with Crippen LogP contribution in [0, 0.1) is 5.92 Å². The van der Waals surface area contributed by atoms with Gasteiger partial charge in [0, 0.05) is 11.4 Å². The molecule has 2 unspecified atom stereocenters. The molecule has 0 fully saturated rings. The Morgan fingerprint density at radius 1 is 1.35 bits per heavy atom. The van der Waals surface area contributed by atoms with Crippen LogP contribution in [0.1, 0.15) is 24.9 Å². The van der Waals surface area contributed by atoms with Crippen LogP contribution in [0.2, 0.25) is 5.02 Å². The molecular weight excluding hydrogens is 335 g/mol. The Morgan fingerprint density at radius 3 is 2.48 bits per heavy atom. The quantitative estimate of drug-likeness (QED) is 0.621. The summed E-state index contributed by atoms with van der Waals surface area (Å²) in [6, 6.07) is 5.01. The van der Waals surface area contributed by atoms with Gasteiger partial charge in [-0.1, -0.05) is 23.7 Å². The first kappa shape index (κ1) is 17.5. The summed E-state index contributed by atoms with van der Waals surface area (Å²) in [5.41, 5.74) is -0.987. The van der Waals surface area contributed by atoms with Gasteiger partial charge in [-0.05, 0) is 24.6 Å². The first-order chi connectivity index (χ1) is 10.7. The smallest absolute Gasteiger partial charge is 0.430 e. The molecule has 4 nitrogen and oxygen atoms in total. The minimum Gasteiger partial charge on any atom is -0.465 e. The molecule has 124 valence electrons. The molecule has 0 saturated carbocycles. The summed E-state index contributed by atoms with van der Waals surface area (Å²) in [4.78, 5) is 27.4. The van der Waals surface area contributed by atoms with Crippen molar-refractivity contribution < 1.29 is 27.5 Å². The second-order valence-corrected chi connectivity index (χ2v) is 5.37. The summed E-state index contributed by atoms with van der Waals surface area (Å²) in [6.07, 6.45) is -5.19. The second kappa shape index (κ2) is 6.70. The lowest BCUT2D eigenvalue weighted by Crippen LogP contribution is -2.44. The summed E-state index contributed by atoms with van der Waals surface area (Å²) >= 11 is 5.74. The second-order valence-electron chi connectivity index (χ2n) is 4.93. The summed E-state index contributed by atoms with van der Waals surface area (Å²) in [5.74, 6) is -4.09. The molecule has 1 heterocycles. The number of carbonyl (C=O) groups excluding carboxylic acids is 2. The van der Waals surface area contributed by atoms with Crippen LogP contribution >= 0.6 is 11.6 Å². The standard InChI is InChI=1S/C15H13ClF3NO3/c1-2-23-14(22)12-11(21)7-10(20-13(12)15(17,18)19)8-3-5-9(16)6-4-8/h3-6,10,12H,2,7H2,1H3. The molecule has 2 rings (SSSR count). The third kappa shape index (κ3) is 3.90. The van der Waals surface area contributed by atoms with Gasteiger partial charge in [0.05, 0.1) is 12.6 Å². The zero-order valence-electron chi connectivity index (χ0n) is 12.1. The molecule has 23 heavy (non-hydrogen) atoms. The summed E-state index contributed by atoms with van der Waals surface area (Å²) in [7, 11) is 0. The van der Waals surface area contributed by atoms with Gasteiger partial charge in [0.2, 0.25) is 0 Å². The molecular formula is C15H13ClF3NO3. The van der Waals surface area contributed by atoms with Crippen molar-refractivity contribution in [2.75, 3.05) is 6.61 Å². The summed E-state index contributed by atoms with van der Waals surface area (Å²) in [5, 5.41) is 0.417. The minimum atomic E-state index is -4.89. The van der Waals surface area contributed by atoms with Gasteiger partial charge in [-0.2, -0.15) is 13.2 Å². The molecule has 0 radical (unpaired) electrons. The number of ketones is 1. The Labute approximate surface area is 135 Å². The van der Waals surface area contributed by atoms with Gasteiger partial charge in [-0.25, -0.2) is 0 Å². The van der Waals surface area contributed by atoms with Crippen molar-refractivity contribution in [1.82, 2.24) is 0 Å². The molecule has 0 bridgehead atoms. The lowest BCUT2D eigenvalue weighted by Gasteiger charge is -2.27. The fourth-order valence-corrected chi connectivity index (χ4v) is 2.46. The lowest BCUT2D eigenvalue weighted by atomic mass is 9.87. The third-order valence-corrected chi connectivity index (χ3v) is 3.60. The first-order valence-electron chi connectivity index (χ1n) is 6.83.